The van der Waals surface area contributed by atoms with E-state index < -0.39 is 0 Å². The maximum atomic E-state index is 12.5. The van der Waals surface area contributed by atoms with Crippen LogP contribution in [0.3, 0.4) is 0 Å². The van der Waals surface area contributed by atoms with Crippen LogP contribution in [-0.2, 0) is 4.79 Å². The van der Waals surface area contributed by atoms with Crippen LogP contribution in [0.5, 0.6) is 0 Å². The van der Waals surface area contributed by atoms with Crippen molar-refractivity contribution in [2.24, 2.45) is 11.3 Å². The van der Waals surface area contributed by atoms with Gasteiger partial charge in [-0.05, 0) is 50.4 Å². The predicted octanol–water partition coefficient (Wildman–Crippen LogP) is 2.35. The average molecular weight is 261 g/mol. The van der Waals surface area contributed by atoms with Gasteiger partial charge < -0.3 is 10.6 Å². The lowest BCUT2D eigenvalue weighted by Crippen LogP contribution is -2.44. The van der Waals surface area contributed by atoms with E-state index in [1.807, 2.05) is 26.8 Å². The van der Waals surface area contributed by atoms with E-state index in [1.54, 1.807) is 12.4 Å². The van der Waals surface area contributed by atoms with Gasteiger partial charge in [-0.2, -0.15) is 0 Å². The SMILES string of the molecule is Cc1cncc(NC(=O)C(C)(C)C2CCCNC2)c1. The van der Waals surface area contributed by atoms with Gasteiger partial charge in [-0.15, -0.1) is 0 Å². The molecule has 0 radical (unpaired) electrons. The molecule has 1 fully saturated rings. The zero-order valence-corrected chi connectivity index (χ0v) is 12.0. The molecule has 2 rings (SSSR count). The largest absolute Gasteiger partial charge is 0.324 e. The molecule has 19 heavy (non-hydrogen) atoms. The van der Waals surface area contributed by atoms with E-state index in [4.69, 9.17) is 0 Å². The number of amides is 1. The van der Waals surface area contributed by atoms with Gasteiger partial charge in [-0.25, -0.2) is 0 Å². The number of anilines is 1. The Morgan fingerprint density at radius 2 is 2.26 bits per heavy atom. The molecule has 4 heteroatoms. The molecule has 0 bridgehead atoms. The third-order valence-corrected chi connectivity index (χ3v) is 4.04. The maximum Gasteiger partial charge on any atom is 0.230 e. The number of piperidine rings is 1. The lowest BCUT2D eigenvalue weighted by Gasteiger charge is -2.36. The standard InChI is InChI=1S/C15H23N3O/c1-11-7-13(10-17-8-11)18-14(19)15(2,3)12-5-4-6-16-9-12/h7-8,10,12,16H,4-6,9H2,1-3H3,(H,18,19). The maximum absolute atomic E-state index is 12.5. The molecule has 1 aromatic rings. The Kier molecular flexibility index (Phi) is 4.20. The number of carbonyl (C=O) groups is 1. The molecule has 1 aromatic heterocycles. The first-order chi connectivity index (χ1) is 9.00. The molecule has 0 spiro atoms. The Hall–Kier alpha value is -1.42. The van der Waals surface area contributed by atoms with Gasteiger partial charge in [0.25, 0.3) is 0 Å². The number of pyridine rings is 1. The van der Waals surface area contributed by atoms with E-state index in [9.17, 15) is 4.79 Å². The van der Waals surface area contributed by atoms with Crippen molar-refractivity contribution < 1.29 is 4.79 Å². The summed E-state index contributed by atoms with van der Waals surface area (Å²) < 4.78 is 0. The van der Waals surface area contributed by atoms with Crippen LogP contribution in [0.15, 0.2) is 18.5 Å². The van der Waals surface area contributed by atoms with Gasteiger partial charge in [0.05, 0.1) is 11.9 Å². The topological polar surface area (TPSA) is 54.0 Å². The van der Waals surface area contributed by atoms with E-state index in [1.165, 1.54) is 0 Å². The minimum Gasteiger partial charge on any atom is -0.324 e. The van der Waals surface area contributed by atoms with Crippen molar-refractivity contribution in [1.82, 2.24) is 10.3 Å². The molecule has 1 aliphatic rings. The van der Waals surface area contributed by atoms with Crippen LogP contribution >= 0.6 is 0 Å². The highest BCUT2D eigenvalue weighted by Gasteiger charge is 2.37. The predicted molar refractivity (Wildman–Crippen MR) is 77.0 cm³/mol. The van der Waals surface area contributed by atoms with E-state index >= 15 is 0 Å². The molecule has 104 valence electrons. The summed E-state index contributed by atoms with van der Waals surface area (Å²) in [6.07, 6.45) is 5.73. The van der Waals surface area contributed by atoms with Gasteiger partial charge in [0.15, 0.2) is 0 Å². The van der Waals surface area contributed by atoms with Crippen LogP contribution in [0.4, 0.5) is 5.69 Å². The van der Waals surface area contributed by atoms with Gasteiger partial charge in [0.1, 0.15) is 0 Å². The Balaban J connectivity index is 2.05. The molecule has 1 saturated heterocycles. The van der Waals surface area contributed by atoms with Crippen LogP contribution in [0.2, 0.25) is 0 Å². The zero-order chi connectivity index (χ0) is 13.9. The van der Waals surface area contributed by atoms with Crippen LogP contribution in [-0.4, -0.2) is 24.0 Å². The summed E-state index contributed by atoms with van der Waals surface area (Å²) in [6.45, 7) is 8.02. The van der Waals surface area contributed by atoms with Crippen molar-refractivity contribution in [2.45, 2.75) is 33.6 Å². The summed E-state index contributed by atoms with van der Waals surface area (Å²) in [6, 6.07) is 1.94. The normalized spacial score (nSPS) is 20.1. The number of carbonyl (C=O) groups excluding carboxylic acids is 1. The Morgan fingerprint density at radius 3 is 2.89 bits per heavy atom. The van der Waals surface area contributed by atoms with Crippen LogP contribution in [0.25, 0.3) is 0 Å². The van der Waals surface area contributed by atoms with E-state index in [0.717, 1.165) is 37.2 Å². The summed E-state index contributed by atoms with van der Waals surface area (Å²) in [4.78, 5) is 16.6. The molecule has 1 atom stereocenters. The molecule has 0 aliphatic carbocycles. The summed E-state index contributed by atoms with van der Waals surface area (Å²) in [5, 5.41) is 6.37. The van der Waals surface area contributed by atoms with Crippen LogP contribution < -0.4 is 10.6 Å². The molecular weight excluding hydrogens is 238 g/mol. The monoisotopic (exact) mass is 261 g/mol. The molecule has 4 nitrogen and oxygen atoms in total. The second-order valence-corrected chi connectivity index (χ2v) is 5.97. The zero-order valence-electron chi connectivity index (χ0n) is 12.0. The smallest absolute Gasteiger partial charge is 0.230 e. The summed E-state index contributed by atoms with van der Waals surface area (Å²) in [5.41, 5.74) is 1.47. The molecule has 2 N–H and O–H groups in total. The first kappa shape index (κ1) is 14.0. The van der Waals surface area contributed by atoms with Crippen molar-refractivity contribution >= 4 is 11.6 Å². The number of hydrogen-bond acceptors (Lipinski definition) is 3. The fourth-order valence-corrected chi connectivity index (χ4v) is 2.57. The van der Waals surface area contributed by atoms with Crippen LogP contribution in [0, 0.1) is 18.3 Å². The Labute approximate surface area is 115 Å². The third-order valence-electron chi connectivity index (χ3n) is 4.04. The number of nitrogens with zero attached hydrogens (tertiary/aromatic N) is 1. The fraction of sp³-hybridized carbons (Fsp3) is 0.600. The minimum absolute atomic E-state index is 0.0774. The quantitative estimate of drug-likeness (QED) is 0.878. The third kappa shape index (κ3) is 3.32. The van der Waals surface area contributed by atoms with Crippen molar-refractivity contribution in [3.05, 3.63) is 24.0 Å². The van der Waals surface area contributed by atoms with Gasteiger partial charge in [0, 0.05) is 11.6 Å². The number of nitrogens with one attached hydrogen (secondary N) is 2. The lowest BCUT2D eigenvalue weighted by molar-refractivity contribution is -0.127. The number of aromatic nitrogens is 1. The molecule has 1 amide bonds. The number of hydrogen-bond donors (Lipinski definition) is 2. The number of rotatable bonds is 3. The summed E-state index contributed by atoms with van der Waals surface area (Å²) in [7, 11) is 0. The highest BCUT2D eigenvalue weighted by atomic mass is 16.2. The minimum atomic E-state index is -0.364. The van der Waals surface area contributed by atoms with Crippen molar-refractivity contribution in [2.75, 3.05) is 18.4 Å². The number of aryl methyl sites for hydroxylation is 1. The molecule has 0 saturated carbocycles. The fourth-order valence-electron chi connectivity index (χ4n) is 2.57. The summed E-state index contributed by atoms with van der Waals surface area (Å²) >= 11 is 0. The lowest BCUT2D eigenvalue weighted by atomic mass is 9.74. The second kappa shape index (κ2) is 5.70. The molecule has 0 aromatic carbocycles. The Bertz CT molecular complexity index is 450. The molecular formula is C15H23N3O. The molecule has 1 aliphatic heterocycles. The summed E-state index contributed by atoms with van der Waals surface area (Å²) in [5.74, 6) is 0.465. The second-order valence-electron chi connectivity index (χ2n) is 5.97. The van der Waals surface area contributed by atoms with Crippen molar-refractivity contribution in [1.29, 1.82) is 0 Å². The van der Waals surface area contributed by atoms with E-state index in [2.05, 4.69) is 15.6 Å². The van der Waals surface area contributed by atoms with Crippen molar-refractivity contribution in [3.63, 3.8) is 0 Å². The van der Waals surface area contributed by atoms with Gasteiger partial charge in [0.2, 0.25) is 5.91 Å². The van der Waals surface area contributed by atoms with E-state index in [-0.39, 0.29) is 11.3 Å². The first-order valence-corrected chi connectivity index (χ1v) is 6.94. The van der Waals surface area contributed by atoms with Gasteiger partial charge in [-0.3, -0.25) is 9.78 Å². The highest BCUT2D eigenvalue weighted by molar-refractivity contribution is 5.95. The first-order valence-electron chi connectivity index (χ1n) is 6.94. The molecule has 2 heterocycles. The van der Waals surface area contributed by atoms with E-state index in [0.29, 0.717) is 5.92 Å². The Morgan fingerprint density at radius 1 is 1.47 bits per heavy atom. The average Bonchev–Trinajstić information content (AvgIpc) is 2.39. The highest BCUT2D eigenvalue weighted by Crippen LogP contribution is 2.33. The van der Waals surface area contributed by atoms with Crippen LogP contribution in [0.1, 0.15) is 32.3 Å². The van der Waals surface area contributed by atoms with Crippen molar-refractivity contribution in [3.8, 4) is 0 Å². The van der Waals surface area contributed by atoms with Gasteiger partial charge >= 0.3 is 0 Å². The molecule has 1 unspecified atom stereocenters. The van der Waals surface area contributed by atoms with Gasteiger partial charge in [-0.1, -0.05) is 13.8 Å².